The first kappa shape index (κ1) is 27.5. The van der Waals surface area contributed by atoms with Crippen LogP contribution in [0.25, 0.3) is 6.08 Å². The first-order valence-electron chi connectivity index (χ1n) is 14.4. The van der Waals surface area contributed by atoms with E-state index in [4.69, 9.17) is 9.47 Å². The fourth-order valence-corrected chi connectivity index (χ4v) is 7.28. The summed E-state index contributed by atoms with van der Waals surface area (Å²) in [6.07, 6.45) is 5.06. The highest BCUT2D eigenvalue weighted by Gasteiger charge is 2.57. The number of hydrogen-bond acceptors (Lipinski definition) is 6. The smallest absolute Gasteiger partial charge is 0.234 e. The molecule has 41 heavy (non-hydrogen) atoms. The van der Waals surface area contributed by atoms with Crippen molar-refractivity contribution in [3.63, 3.8) is 0 Å². The second-order valence-electron chi connectivity index (χ2n) is 11.1. The highest BCUT2D eigenvalue weighted by atomic mass is 32.1. The van der Waals surface area contributed by atoms with Gasteiger partial charge in [0, 0.05) is 10.8 Å². The number of para-hydroxylation sites is 1. The van der Waals surface area contributed by atoms with Gasteiger partial charge in [-0.25, -0.2) is 0 Å². The number of carbonyl (C=O) groups is 2. The zero-order valence-electron chi connectivity index (χ0n) is 23.2. The molecule has 1 aliphatic carbocycles. The third-order valence-electron chi connectivity index (χ3n) is 8.57. The van der Waals surface area contributed by atoms with E-state index >= 15 is 0 Å². The van der Waals surface area contributed by atoms with Gasteiger partial charge in [0.2, 0.25) is 11.8 Å². The number of allylic oxidation sites excluding steroid dienone is 1. The van der Waals surface area contributed by atoms with Crippen LogP contribution in [-0.4, -0.2) is 41.1 Å². The maximum atomic E-state index is 13.7. The highest BCUT2D eigenvalue weighted by Crippen LogP contribution is 2.50. The third kappa shape index (κ3) is 5.74. The molecule has 2 aromatic carbocycles. The maximum absolute atomic E-state index is 13.7. The van der Waals surface area contributed by atoms with Gasteiger partial charge >= 0.3 is 0 Å². The zero-order chi connectivity index (χ0) is 28.3. The van der Waals surface area contributed by atoms with Crippen molar-refractivity contribution >= 4 is 29.2 Å². The Morgan fingerprint density at radius 2 is 1.93 bits per heavy atom. The van der Waals surface area contributed by atoms with E-state index in [0.717, 1.165) is 46.6 Å². The Hall–Kier alpha value is -3.68. The van der Waals surface area contributed by atoms with Crippen molar-refractivity contribution in [3.8, 4) is 11.5 Å². The number of rotatable bonds is 10. The van der Waals surface area contributed by atoms with Gasteiger partial charge in [0.25, 0.3) is 0 Å². The van der Waals surface area contributed by atoms with Crippen LogP contribution in [0.3, 0.4) is 0 Å². The Bertz CT molecular complexity index is 1460. The predicted molar refractivity (Wildman–Crippen MR) is 159 cm³/mol. The minimum atomic E-state index is -0.378. The normalized spacial score (nSPS) is 24.1. The van der Waals surface area contributed by atoms with Gasteiger partial charge in [0.05, 0.1) is 31.1 Å². The number of carbonyl (C=O) groups excluding carboxylic acids is 2. The number of phenols is 1. The van der Waals surface area contributed by atoms with E-state index in [9.17, 15) is 14.7 Å². The zero-order valence-corrected chi connectivity index (χ0v) is 24.0. The first-order valence-corrected chi connectivity index (χ1v) is 15.3. The lowest BCUT2D eigenvalue weighted by atomic mass is 9.69. The number of hydrogen-bond donors (Lipinski definition) is 1. The van der Waals surface area contributed by atoms with Crippen LogP contribution in [0.5, 0.6) is 11.5 Å². The molecule has 6 rings (SSSR count). The molecule has 0 saturated carbocycles. The fourth-order valence-electron chi connectivity index (χ4n) is 6.59. The number of amides is 2. The van der Waals surface area contributed by atoms with E-state index in [1.807, 2.05) is 60.0 Å². The topological polar surface area (TPSA) is 76.1 Å². The molecule has 0 radical (unpaired) electrons. The summed E-state index contributed by atoms with van der Waals surface area (Å²) in [6, 6.07) is 20.9. The van der Waals surface area contributed by atoms with Crippen molar-refractivity contribution in [2.24, 2.45) is 17.8 Å². The van der Waals surface area contributed by atoms with Crippen LogP contribution in [0.4, 0.5) is 0 Å². The van der Waals surface area contributed by atoms with Gasteiger partial charge in [-0.2, -0.15) is 0 Å². The Morgan fingerprint density at radius 3 is 2.68 bits per heavy atom. The molecule has 2 amide bonds. The molecule has 1 aromatic heterocycles. The SMILES string of the molecule is CC/C(=C\c1cccc(O)c1)CC[C@H]1OC[C@H]2C1=C(COc1ccccc1)C[C@H]1C(=O)N(Cc3cccs3)C(=O)[C@H]12. The molecule has 3 aromatic rings. The lowest BCUT2D eigenvalue weighted by Gasteiger charge is -2.31. The van der Waals surface area contributed by atoms with Crippen LogP contribution >= 0.6 is 11.3 Å². The summed E-state index contributed by atoms with van der Waals surface area (Å²) in [5.74, 6) is 0.0335. The van der Waals surface area contributed by atoms with Crippen LogP contribution < -0.4 is 4.74 Å². The monoisotopic (exact) mass is 569 g/mol. The van der Waals surface area contributed by atoms with Gasteiger partial charge in [0.1, 0.15) is 18.1 Å². The first-order chi connectivity index (χ1) is 20.0. The molecule has 2 aliphatic heterocycles. The van der Waals surface area contributed by atoms with E-state index in [-0.39, 0.29) is 41.4 Å². The minimum Gasteiger partial charge on any atom is -0.508 e. The molecule has 212 valence electrons. The van der Waals surface area contributed by atoms with E-state index in [1.54, 1.807) is 23.5 Å². The van der Waals surface area contributed by atoms with Gasteiger partial charge in [-0.15, -0.1) is 11.3 Å². The average molecular weight is 570 g/mol. The number of thiophene rings is 1. The standard InChI is InChI=1S/C34H35NO5S/c1-2-22(16-23-8-6-9-25(36)17-23)13-14-30-31-24(20-39-26-10-4-3-5-11-26)18-28-32(29(31)21-40-30)34(38)35(33(28)37)19-27-12-7-15-41-27/h3-12,15-17,28-30,32,36H,2,13-14,18-21H2,1H3/b22-16+/t28-,29+,30-,32-/m1/s1. The second kappa shape index (κ2) is 12.0. The predicted octanol–water partition coefficient (Wildman–Crippen LogP) is 6.62. The number of fused-ring (bicyclic) bond motifs is 3. The molecule has 0 unspecified atom stereocenters. The summed E-state index contributed by atoms with van der Waals surface area (Å²) < 4.78 is 12.6. The van der Waals surface area contributed by atoms with Crippen molar-refractivity contribution in [3.05, 3.63) is 99.3 Å². The Labute approximate surface area is 244 Å². The summed E-state index contributed by atoms with van der Waals surface area (Å²) in [7, 11) is 0. The molecule has 3 heterocycles. The maximum Gasteiger partial charge on any atom is 0.234 e. The molecular formula is C34H35NO5S. The van der Waals surface area contributed by atoms with E-state index in [1.165, 1.54) is 10.5 Å². The number of benzene rings is 2. The van der Waals surface area contributed by atoms with Crippen molar-refractivity contribution < 1.29 is 24.2 Å². The van der Waals surface area contributed by atoms with Gasteiger partial charge < -0.3 is 14.6 Å². The van der Waals surface area contributed by atoms with Gasteiger partial charge in [-0.1, -0.05) is 55.0 Å². The lowest BCUT2D eigenvalue weighted by Crippen LogP contribution is -2.35. The molecule has 0 spiro atoms. The van der Waals surface area contributed by atoms with Crippen molar-refractivity contribution in [1.29, 1.82) is 0 Å². The molecule has 2 fully saturated rings. The molecule has 2 saturated heterocycles. The highest BCUT2D eigenvalue weighted by molar-refractivity contribution is 7.09. The summed E-state index contributed by atoms with van der Waals surface area (Å²) in [5, 5.41) is 11.8. The van der Waals surface area contributed by atoms with E-state index in [2.05, 4.69) is 13.0 Å². The molecular weight excluding hydrogens is 534 g/mol. The van der Waals surface area contributed by atoms with Crippen molar-refractivity contribution in [2.45, 2.75) is 45.3 Å². The van der Waals surface area contributed by atoms with Crippen molar-refractivity contribution in [2.75, 3.05) is 13.2 Å². The van der Waals surface area contributed by atoms with Crippen LogP contribution in [0, 0.1) is 17.8 Å². The molecule has 6 nitrogen and oxygen atoms in total. The summed E-state index contributed by atoms with van der Waals surface area (Å²) in [4.78, 5) is 29.8. The summed E-state index contributed by atoms with van der Waals surface area (Å²) in [6.45, 7) is 3.30. The number of aromatic hydroxyl groups is 1. The van der Waals surface area contributed by atoms with Crippen LogP contribution in [-0.2, 0) is 20.9 Å². The van der Waals surface area contributed by atoms with E-state index in [0.29, 0.717) is 26.2 Å². The van der Waals surface area contributed by atoms with Gasteiger partial charge in [-0.3, -0.25) is 14.5 Å². The van der Waals surface area contributed by atoms with Crippen LogP contribution in [0.1, 0.15) is 43.0 Å². The fraction of sp³-hybridized carbons (Fsp3) is 0.353. The van der Waals surface area contributed by atoms with E-state index < -0.39 is 0 Å². The molecule has 0 bridgehead atoms. The van der Waals surface area contributed by atoms with Crippen molar-refractivity contribution in [1.82, 2.24) is 4.90 Å². The third-order valence-corrected chi connectivity index (χ3v) is 9.43. The number of ether oxygens (including phenoxy) is 2. The second-order valence-corrected chi connectivity index (χ2v) is 12.1. The lowest BCUT2D eigenvalue weighted by molar-refractivity contribution is -0.140. The van der Waals surface area contributed by atoms with Crippen LogP contribution in [0.15, 0.2) is 88.8 Å². The molecule has 7 heteroatoms. The number of phenolic OH excluding ortho intramolecular Hbond substituents is 1. The van der Waals surface area contributed by atoms with Gasteiger partial charge in [0.15, 0.2) is 0 Å². The van der Waals surface area contributed by atoms with Crippen LogP contribution in [0.2, 0.25) is 0 Å². The quantitative estimate of drug-likeness (QED) is 0.219. The Kier molecular flexibility index (Phi) is 8.08. The Balaban J connectivity index is 1.25. The number of imide groups is 1. The Morgan fingerprint density at radius 1 is 1.07 bits per heavy atom. The summed E-state index contributed by atoms with van der Waals surface area (Å²) in [5.41, 5.74) is 4.50. The largest absolute Gasteiger partial charge is 0.508 e. The molecule has 1 N–H and O–H groups in total. The van der Waals surface area contributed by atoms with Gasteiger partial charge in [-0.05, 0) is 78.1 Å². The average Bonchev–Trinajstić information content (AvgIpc) is 3.71. The number of likely N-dealkylation sites (tertiary alicyclic amines) is 1. The summed E-state index contributed by atoms with van der Waals surface area (Å²) >= 11 is 1.57. The molecule has 4 atom stereocenters. The minimum absolute atomic E-state index is 0.0683. The molecule has 3 aliphatic rings. The number of nitrogens with zero attached hydrogens (tertiary/aromatic N) is 1.